The second-order valence-electron chi connectivity index (χ2n) is 6.49. The number of amides is 1. The molecule has 1 amide bonds. The zero-order chi connectivity index (χ0) is 21.9. The van der Waals surface area contributed by atoms with Gasteiger partial charge >= 0.3 is 0 Å². The van der Waals surface area contributed by atoms with Crippen molar-refractivity contribution < 1.29 is 22.0 Å². The molecule has 156 valence electrons. The quantitative estimate of drug-likeness (QED) is 0.584. The number of anilines is 2. The van der Waals surface area contributed by atoms with Gasteiger partial charge in [-0.15, -0.1) is 0 Å². The molecule has 3 aromatic carbocycles. The van der Waals surface area contributed by atoms with Gasteiger partial charge in [0.15, 0.2) is 0 Å². The summed E-state index contributed by atoms with van der Waals surface area (Å²) in [5.74, 6) is -2.28. The van der Waals surface area contributed by atoms with E-state index in [1.807, 2.05) is 0 Å². The van der Waals surface area contributed by atoms with Crippen LogP contribution in [0.15, 0.2) is 66.7 Å². The van der Waals surface area contributed by atoms with Gasteiger partial charge in [-0.2, -0.15) is 0 Å². The van der Waals surface area contributed by atoms with E-state index in [1.165, 1.54) is 24.3 Å². The van der Waals surface area contributed by atoms with E-state index in [9.17, 15) is 22.0 Å². The normalized spacial score (nSPS) is 11.2. The highest BCUT2D eigenvalue weighted by Gasteiger charge is 2.20. The minimum atomic E-state index is -3.64. The fourth-order valence-corrected chi connectivity index (χ4v) is 3.82. The number of benzene rings is 3. The molecular weight excluding hydrogens is 434 g/mol. The lowest BCUT2D eigenvalue weighted by molar-refractivity contribution is 0.102. The van der Waals surface area contributed by atoms with E-state index in [4.69, 9.17) is 11.6 Å². The molecule has 0 aliphatic rings. The van der Waals surface area contributed by atoms with E-state index in [0.717, 1.165) is 22.7 Å². The molecule has 0 aliphatic carbocycles. The topological polar surface area (TPSA) is 66.5 Å². The maximum Gasteiger partial charge on any atom is 0.255 e. The van der Waals surface area contributed by atoms with Crippen LogP contribution in [-0.4, -0.2) is 20.6 Å². The largest absolute Gasteiger partial charge is 0.319 e. The number of sulfonamides is 1. The molecule has 0 saturated heterocycles. The molecule has 0 aliphatic heterocycles. The molecule has 9 heteroatoms. The highest BCUT2D eigenvalue weighted by atomic mass is 35.5. The van der Waals surface area contributed by atoms with Crippen LogP contribution in [0.5, 0.6) is 0 Å². The molecule has 0 heterocycles. The van der Waals surface area contributed by atoms with E-state index in [-0.39, 0.29) is 17.8 Å². The number of halogens is 3. The Morgan fingerprint density at radius 3 is 2.30 bits per heavy atom. The predicted octanol–water partition coefficient (Wildman–Crippen LogP) is 4.84. The molecule has 3 rings (SSSR count). The second kappa shape index (κ2) is 8.81. The maximum atomic E-state index is 13.7. The average molecular weight is 451 g/mol. The van der Waals surface area contributed by atoms with Crippen LogP contribution >= 0.6 is 11.6 Å². The summed E-state index contributed by atoms with van der Waals surface area (Å²) in [5, 5.41) is 2.78. The first-order chi connectivity index (χ1) is 14.1. The average Bonchev–Trinajstić information content (AvgIpc) is 2.68. The monoisotopic (exact) mass is 450 g/mol. The second-order valence-corrected chi connectivity index (χ2v) is 8.80. The van der Waals surface area contributed by atoms with Gasteiger partial charge in [-0.1, -0.05) is 29.8 Å². The third-order valence-electron chi connectivity index (χ3n) is 4.27. The van der Waals surface area contributed by atoms with Gasteiger partial charge in [0, 0.05) is 16.7 Å². The Kier molecular flexibility index (Phi) is 6.38. The number of hydrogen-bond acceptors (Lipinski definition) is 3. The van der Waals surface area contributed by atoms with Gasteiger partial charge in [0.25, 0.3) is 5.91 Å². The number of hydrogen-bond donors (Lipinski definition) is 1. The lowest BCUT2D eigenvalue weighted by Gasteiger charge is -2.23. The van der Waals surface area contributed by atoms with Crippen LogP contribution in [0, 0.1) is 11.6 Å². The van der Waals surface area contributed by atoms with E-state index < -0.39 is 27.6 Å². The number of nitrogens with one attached hydrogen (secondary N) is 1. The molecule has 0 unspecified atom stereocenters. The Balaban J connectivity index is 1.83. The van der Waals surface area contributed by atoms with Crippen molar-refractivity contribution in [3.63, 3.8) is 0 Å². The minimum absolute atomic E-state index is 0.0187. The molecule has 5 nitrogen and oxygen atoms in total. The van der Waals surface area contributed by atoms with Gasteiger partial charge in [-0.3, -0.25) is 9.10 Å². The summed E-state index contributed by atoms with van der Waals surface area (Å²) in [4.78, 5) is 12.3. The third-order valence-corrected chi connectivity index (χ3v) is 5.78. The molecule has 1 N–H and O–H groups in total. The Morgan fingerprint density at radius 1 is 1.03 bits per heavy atom. The SMILES string of the molecule is CS(=O)(=O)N(Cc1ccccc1Cl)c1ccc(C(=O)Nc2ccc(F)cc2F)cc1. The van der Waals surface area contributed by atoms with E-state index >= 15 is 0 Å². The molecular formula is C21H17ClF2N2O3S. The number of carbonyl (C=O) groups is 1. The van der Waals surface area contributed by atoms with Gasteiger partial charge in [0.05, 0.1) is 24.2 Å². The molecule has 0 saturated carbocycles. The molecule has 30 heavy (non-hydrogen) atoms. The van der Waals surface area contributed by atoms with Crippen LogP contribution in [0.25, 0.3) is 0 Å². The fraction of sp³-hybridized carbons (Fsp3) is 0.0952. The van der Waals surface area contributed by atoms with Gasteiger partial charge < -0.3 is 5.32 Å². The first kappa shape index (κ1) is 21.7. The van der Waals surface area contributed by atoms with Gasteiger partial charge in [-0.25, -0.2) is 17.2 Å². The summed E-state index contributed by atoms with van der Waals surface area (Å²) in [6.07, 6.45) is 1.07. The Labute approximate surface area is 178 Å². The lowest BCUT2D eigenvalue weighted by atomic mass is 10.1. The van der Waals surface area contributed by atoms with Gasteiger partial charge in [0.1, 0.15) is 11.6 Å². The van der Waals surface area contributed by atoms with E-state index in [2.05, 4.69) is 5.32 Å². The van der Waals surface area contributed by atoms with Gasteiger partial charge in [0.2, 0.25) is 10.0 Å². The maximum absolute atomic E-state index is 13.7. The van der Waals surface area contributed by atoms with Crippen LogP contribution in [0.1, 0.15) is 15.9 Å². The van der Waals surface area contributed by atoms with Crippen molar-refractivity contribution in [2.24, 2.45) is 0 Å². The molecule has 0 fully saturated rings. The zero-order valence-electron chi connectivity index (χ0n) is 15.8. The molecule has 3 aromatic rings. The first-order valence-electron chi connectivity index (χ1n) is 8.73. The van der Waals surface area contributed by atoms with Gasteiger partial charge in [-0.05, 0) is 48.0 Å². The molecule has 0 atom stereocenters. The van der Waals surface area contributed by atoms with Crippen LogP contribution in [-0.2, 0) is 16.6 Å². The van der Waals surface area contributed by atoms with Crippen molar-refractivity contribution in [3.8, 4) is 0 Å². The standard InChI is InChI=1S/C21H17ClF2N2O3S/c1-30(28,29)26(13-15-4-2-3-5-18(15)22)17-9-6-14(7-10-17)21(27)25-20-11-8-16(23)12-19(20)24/h2-12H,13H2,1H3,(H,25,27). The Morgan fingerprint density at radius 2 is 1.70 bits per heavy atom. The Bertz CT molecular complexity index is 1190. The lowest BCUT2D eigenvalue weighted by Crippen LogP contribution is -2.29. The van der Waals surface area contributed by atoms with Crippen molar-refractivity contribution in [1.29, 1.82) is 0 Å². The summed E-state index contributed by atoms with van der Waals surface area (Å²) in [7, 11) is -3.64. The van der Waals surface area contributed by atoms with Crippen molar-refractivity contribution >= 4 is 38.9 Å². The van der Waals surface area contributed by atoms with E-state index in [0.29, 0.717) is 22.3 Å². The summed E-state index contributed by atoms with van der Waals surface area (Å²) >= 11 is 6.14. The summed E-state index contributed by atoms with van der Waals surface area (Å²) in [6, 6.07) is 15.5. The number of nitrogens with zero attached hydrogens (tertiary/aromatic N) is 1. The summed E-state index contributed by atoms with van der Waals surface area (Å²) in [6.45, 7) is 0.0187. The number of carbonyl (C=O) groups excluding carboxylic acids is 1. The van der Waals surface area contributed by atoms with Crippen molar-refractivity contribution in [1.82, 2.24) is 0 Å². The van der Waals surface area contributed by atoms with Crippen molar-refractivity contribution in [2.45, 2.75) is 6.54 Å². The summed E-state index contributed by atoms with van der Waals surface area (Å²) in [5.41, 5.74) is 0.968. The van der Waals surface area contributed by atoms with Crippen molar-refractivity contribution in [3.05, 3.63) is 94.5 Å². The van der Waals surface area contributed by atoms with Crippen LogP contribution < -0.4 is 9.62 Å². The van der Waals surface area contributed by atoms with Crippen LogP contribution in [0.3, 0.4) is 0 Å². The first-order valence-corrected chi connectivity index (χ1v) is 11.0. The number of rotatable bonds is 6. The van der Waals surface area contributed by atoms with Crippen LogP contribution in [0.4, 0.5) is 20.2 Å². The molecule has 0 bridgehead atoms. The third kappa shape index (κ3) is 5.14. The van der Waals surface area contributed by atoms with Crippen LogP contribution in [0.2, 0.25) is 5.02 Å². The fourth-order valence-electron chi connectivity index (χ4n) is 2.75. The highest BCUT2D eigenvalue weighted by Crippen LogP contribution is 2.25. The molecule has 0 aromatic heterocycles. The minimum Gasteiger partial charge on any atom is -0.319 e. The molecule has 0 radical (unpaired) electrons. The zero-order valence-corrected chi connectivity index (χ0v) is 17.3. The summed E-state index contributed by atoms with van der Waals surface area (Å²) < 4.78 is 52.5. The highest BCUT2D eigenvalue weighted by molar-refractivity contribution is 7.92. The predicted molar refractivity (Wildman–Crippen MR) is 113 cm³/mol. The van der Waals surface area contributed by atoms with E-state index in [1.54, 1.807) is 24.3 Å². The smallest absolute Gasteiger partial charge is 0.255 e. The molecule has 0 spiro atoms. The van der Waals surface area contributed by atoms with Crippen molar-refractivity contribution in [2.75, 3.05) is 15.9 Å². The Hall–Kier alpha value is -2.97.